The fraction of sp³-hybridized carbons (Fsp3) is 0.182. The smallest absolute Gasteiger partial charge is 0.274 e. The molecule has 0 atom stereocenters. The summed E-state index contributed by atoms with van der Waals surface area (Å²) in [5.41, 5.74) is 3.66. The van der Waals surface area contributed by atoms with E-state index in [1.165, 1.54) is 0 Å². The number of aromatic nitrogens is 4. The molecule has 0 radical (unpaired) electrons. The second-order valence-electron chi connectivity index (χ2n) is 7.26. The molecule has 0 aliphatic carbocycles. The van der Waals surface area contributed by atoms with E-state index in [-0.39, 0.29) is 5.91 Å². The summed E-state index contributed by atoms with van der Waals surface area (Å²) in [4.78, 5) is 31.5. The third-order valence-corrected chi connectivity index (χ3v) is 5.71. The van der Waals surface area contributed by atoms with Crippen molar-refractivity contribution in [1.29, 1.82) is 0 Å². The molecule has 1 aliphatic heterocycles. The Morgan fingerprint density at radius 1 is 1.10 bits per heavy atom. The number of aromatic amines is 1. The highest BCUT2D eigenvalue weighted by Crippen LogP contribution is 2.26. The zero-order chi connectivity index (χ0) is 21.2. The van der Waals surface area contributed by atoms with Crippen LogP contribution in [0.4, 0.5) is 11.4 Å². The Bertz CT molecular complexity index is 1250. The maximum atomic E-state index is 13.0. The predicted molar refractivity (Wildman–Crippen MR) is 124 cm³/mol. The SMILES string of the molecule is O=C(Nc1cnccc1N1CCNCC1)c1ccnc(-c2cc3cc(Br)ccc3[nH]2)n1. The highest BCUT2D eigenvalue weighted by molar-refractivity contribution is 9.10. The minimum absolute atomic E-state index is 0.292. The first-order chi connectivity index (χ1) is 15.2. The van der Waals surface area contributed by atoms with E-state index in [0.29, 0.717) is 17.2 Å². The third-order valence-electron chi connectivity index (χ3n) is 5.22. The average molecular weight is 478 g/mol. The van der Waals surface area contributed by atoms with Gasteiger partial charge in [0.1, 0.15) is 5.69 Å². The van der Waals surface area contributed by atoms with Crippen LogP contribution in [0.1, 0.15) is 10.5 Å². The monoisotopic (exact) mass is 477 g/mol. The molecule has 3 aromatic heterocycles. The maximum Gasteiger partial charge on any atom is 0.274 e. The van der Waals surface area contributed by atoms with Gasteiger partial charge in [-0.2, -0.15) is 0 Å². The summed E-state index contributed by atoms with van der Waals surface area (Å²) in [5.74, 6) is 0.167. The molecule has 156 valence electrons. The van der Waals surface area contributed by atoms with Crippen LogP contribution < -0.4 is 15.5 Å². The number of anilines is 2. The van der Waals surface area contributed by atoms with E-state index in [4.69, 9.17) is 0 Å². The fourth-order valence-electron chi connectivity index (χ4n) is 3.69. The molecule has 1 fully saturated rings. The number of carbonyl (C=O) groups excluding carboxylic acids is 1. The first-order valence-electron chi connectivity index (χ1n) is 10.00. The Morgan fingerprint density at radius 3 is 2.84 bits per heavy atom. The van der Waals surface area contributed by atoms with Crippen LogP contribution in [0.2, 0.25) is 0 Å². The van der Waals surface area contributed by atoms with Crippen LogP contribution in [0.25, 0.3) is 22.4 Å². The van der Waals surface area contributed by atoms with Crippen LogP contribution in [-0.4, -0.2) is 52.0 Å². The van der Waals surface area contributed by atoms with Gasteiger partial charge in [0.25, 0.3) is 5.91 Å². The Morgan fingerprint density at radius 2 is 1.97 bits per heavy atom. The number of pyridine rings is 1. The lowest BCUT2D eigenvalue weighted by Gasteiger charge is -2.30. The summed E-state index contributed by atoms with van der Waals surface area (Å²) in [6.07, 6.45) is 5.01. The van der Waals surface area contributed by atoms with Crippen molar-refractivity contribution in [2.75, 3.05) is 36.4 Å². The molecule has 1 aliphatic rings. The topological polar surface area (TPSA) is 98.8 Å². The van der Waals surface area contributed by atoms with Crippen molar-refractivity contribution in [3.8, 4) is 11.5 Å². The fourth-order valence-corrected chi connectivity index (χ4v) is 4.07. The molecule has 5 rings (SSSR count). The molecule has 1 aromatic carbocycles. The van der Waals surface area contributed by atoms with Crippen molar-refractivity contribution < 1.29 is 4.79 Å². The van der Waals surface area contributed by atoms with Crippen LogP contribution in [0.3, 0.4) is 0 Å². The number of fused-ring (bicyclic) bond motifs is 1. The minimum Gasteiger partial charge on any atom is -0.367 e. The highest BCUT2D eigenvalue weighted by atomic mass is 79.9. The second-order valence-corrected chi connectivity index (χ2v) is 8.18. The van der Waals surface area contributed by atoms with E-state index in [1.807, 2.05) is 30.3 Å². The van der Waals surface area contributed by atoms with Crippen LogP contribution >= 0.6 is 15.9 Å². The summed E-state index contributed by atoms with van der Waals surface area (Å²) in [7, 11) is 0. The normalized spacial score (nSPS) is 14.0. The van der Waals surface area contributed by atoms with Gasteiger partial charge in [-0.1, -0.05) is 15.9 Å². The second kappa shape index (κ2) is 8.44. The van der Waals surface area contributed by atoms with Gasteiger partial charge < -0.3 is 20.5 Å². The molecule has 0 spiro atoms. The number of halogens is 1. The van der Waals surface area contributed by atoms with Crippen LogP contribution in [0.5, 0.6) is 0 Å². The van der Waals surface area contributed by atoms with E-state index in [9.17, 15) is 4.79 Å². The predicted octanol–water partition coefficient (Wildman–Crippen LogP) is 3.44. The molecule has 31 heavy (non-hydrogen) atoms. The standard InChI is InChI=1S/C22H20BrN7O/c23-15-1-2-16-14(11-15)12-18(27-16)21-26-6-3-17(28-21)22(31)29-19-13-25-5-4-20(19)30-9-7-24-8-10-30/h1-6,11-13,24,27H,7-10H2,(H,29,31). The number of nitrogens with one attached hydrogen (secondary N) is 3. The summed E-state index contributed by atoms with van der Waals surface area (Å²) in [6.45, 7) is 3.57. The lowest BCUT2D eigenvalue weighted by Crippen LogP contribution is -2.43. The van der Waals surface area contributed by atoms with Crippen molar-refractivity contribution in [1.82, 2.24) is 25.3 Å². The van der Waals surface area contributed by atoms with Crippen molar-refractivity contribution in [3.05, 3.63) is 65.2 Å². The molecule has 9 heteroatoms. The molecule has 4 heterocycles. The summed E-state index contributed by atoms with van der Waals surface area (Å²) >= 11 is 3.48. The van der Waals surface area contributed by atoms with Crippen LogP contribution in [-0.2, 0) is 0 Å². The van der Waals surface area contributed by atoms with Gasteiger partial charge in [0.2, 0.25) is 0 Å². The molecule has 0 unspecified atom stereocenters. The molecule has 0 saturated carbocycles. The number of rotatable bonds is 4. The van der Waals surface area contributed by atoms with E-state index in [1.54, 1.807) is 24.7 Å². The Balaban J connectivity index is 1.41. The van der Waals surface area contributed by atoms with Gasteiger partial charge in [-0.3, -0.25) is 9.78 Å². The molecule has 3 N–H and O–H groups in total. The van der Waals surface area contributed by atoms with E-state index < -0.39 is 0 Å². The zero-order valence-electron chi connectivity index (χ0n) is 16.6. The Kier molecular flexibility index (Phi) is 5.35. The zero-order valence-corrected chi connectivity index (χ0v) is 18.2. The van der Waals surface area contributed by atoms with Crippen molar-refractivity contribution in [3.63, 3.8) is 0 Å². The summed E-state index contributed by atoms with van der Waals surface area (Å²) in [6, 6.07) is 11.5. The summed E-state index contributed by atoms with van der Waals surface area (Å²) in [5, 5.41) is 7.35. The number of benzene rings is 1. The van der Waals surface area contributed by atoms with Gasteiger partial charge in [-0.05, 0) is 36.4 Å². The van der Waals surface area contributed by atoms with Crippen LogP contribution in [0.15, 0.2) is 59.5 Å². The molecule has 1 amide bonds. The van der Waals surface area contributed by atoms with Crippen molar-refractivity contribution in [2.24, 2.45) is 0 Å². The van der Waals surface area contributed by atoms with E-state index in [0.717, 1.165) is 52.9 Å². The third kappa shape index (κ3) is 4.14. The number of nitrogens with zero attached hydrogens (tertiary/aromatic N) is 4. The number of carbonyl (C=O) groups is 1. The number of amides is 1. The van der Waals surface area contributed by atoms with Gasteiger partial charge in [-0.25, -0.2) is 9.97 Å². The molecule has 0 bridgehead atoms. The lowest BCUT2D eigenvalue weighted by atomic mass is 10.2. The lowest BCUT2D eigenvalue weighted by molar-refractivity contribution is 0.102. The molecule has 1 saturated heterocycles. The number of hydrogen-bond donors (Lipinski definition) is 3. The molecule has 8 nitrogen and oxygen atoms in total. The largest absolute Gasteiger partial charge is 0.367 e. The van der Waals surface area contributed by atoms with Crippen molar-refractivity contribution in [2.45, 2.75) is 0 Å². The quantitative estimate of drug-likeness (QED) is 0.416. The van der Waals surface area contributed by atoms with E-state index >= 15 is 0 Å². The Hall–Kier alpha value is -3.30. The molecular formula is C22H20BrN7O. The van der Waals surface area contributed by atoms with Gasteiger partial charge in [-0.15, -0.1) is 0 Å². The summed E-state index contributed by atoms with van der Waals surface area (Å²) < 4.78 is 0.997. The first-order valence-corrected chi connectivity index (χ1v) is 10.8. The van der Waals surface area contributed by atoms with Gasteiger partial charge in [0, 0.05) is 53.9 Å². The first kappa shape index (κ1) is 19.7. The number of hydrogen-bond acceptors (Lipinski definition) is 6. The maximum absolute atomic E-state index is 13.0. The highest BCUT2D eigenvalue weighted by Gasteiger charge is 2.17. The average Bonchev–Trinajstić information content (AvgIpc) is 3.23. The van der Waals surface area contributed by atoms with Gasteiger partial charge >= 0.3 is 0 Å². The molecular weight excluding hydrogens is 458 g/mol. The number of piperazine rings is 1. The van der Waals surface area contributed by atoms with Crippen LogP contribution in [0, 0.1) is 0 Å². The van der Waals surface area contributed by atoms with Crippen molar-refractivity contribution >= 4 is 44.1 Å². The minimum atomic E-state index is -0.299. The Labute approximate surface area is 187 Å². The number of H-pyrrole nitrogens is 1. The molecule has 4 aromatic rings. The van der Waals surface area contributed by atoms with Gasteiger partial charge in [0.05, 0.1) is 23.3 Å². The van der Waals surface area contributed by atoms with Gasteiger partial charge in [0.15, 0.2) is 5.82 Å². The van der Waals surface area contributed by atoms with E-state index in [2.05, 4.69) is 51.4 Å².